The van der Waals surface area contributed by atoms with Crippen molar-refractivity contribution >= 4 is 0 Å². The lowest BCUT2D eigenvalue weighted by atomic mass is 10.0. The van der Waals surface area contributed by atoms with Gasteiger partial charge in [0.25, 0.3) is 0 Å². The van der Waals surface area contributed by atoms with Crippen molar-refractivity contribution < 1.29 is 4.74 Å². The van der Waals surface area contributed by atoms with Crippen LogP contribution in [0.5, 0.6) is 0 Å². The molecule has 0 amide bonds. The van der Waals surface area contributed by atoms with Crippen LogP contribution < -0.4 is 0 Å². The molecule has 0 aliphatic carbocycles. The lowest BCUT2D eigenvalue weighted by Crippen LogP contribution is -2.25. The van der Waals surface area contributed by atoms with E-state index in [-0.39, 0.29) is 5.60 Å². The minimum atomic E-state index is -0.203. The van der Waals surface area contributed by atoms with E-state index < -0.39 is 0 Å². The van der Waals surface area contributed by atoms with Crippen molar-refractivity contribution in [3.8, 4) is 0 Å². The Morgan fingerprint density at radius 2 is 2.50 bits per heavy atom. The zero-order valence-corrected chi connectivity index (χ0v) is 8.86. The Morgan fingerprint density at radius 1 is 1.64 bits per heavy atom. The monoisotopic (exact) mass is 195 g/mol. The Labute approximate surface area is 84.3 Å². The Kier molecular flexibility index (Phi) is 2.54. The predicted molar refractivity (Wildman–Crippen MR) is 52.9 cm³/mol. The zero-order valence-electron chi connectivity index (χ0n) is 8.86. The van der Waals surface area contributed by atoms with Crippen molar-refractivity contribution in [2.24, 2.45) is 0 Å². The van der Waals surface area contributed by atoms with Gasteiger partial charge >= 0.3 is 0 Å². The van der Waals surface area contributed by atoms with E-state index in [4.69, 9.17) is 4.74 Å². The molecular formula is C10H17N3O. The summed E-state index contributed by atoms with van der Waals surface area (Å²) in [5, 5.41) is 8.14. The molecule has 2 rings (SSSR count). The number of hydrogen-bond donors (Lipinski definition) is 0. The maximum absolute atomic E-state index is 5.75. The van der Waals surface area contributed by atoms with E-state index in [2.05, 4.69) is 28.6 Å². The highest BCUT2D eigenvalue weighted by Crippen LogP contribution is 2.34. The third kappa shape index (κ3) is 1.54. The molecule has 1 unspecified atom stereocenters. The lowest BCUT2D eigenvalue weighted by Gasteiger charge is -2.22. The third-order valence-electron chi connectivity index (χ3n) is 2.77. The first kappa shape index (κ1) is 9.65. The Bertz CT molecular complexity index is 302. The van der Waals surface area contributed by atoms with E-state index in [1.165, 1.54) is 0 Å². The van der Waals surface area contributed by atoms with Gasteiger partial charge in [-0.15, -0.1) is 10.2 Å². The first-order chi connectivity index (χ1) is 6.76. The largest absolute Gasteiger partial charge is 0.367 e. The van der Waals surface area contributed by atoms with Gasteiger partial charge in [0.2, 0.25) is 0 Å². The first-order valence-corrected chi connectivity index (χ1v) is 5.28. The van der Waals surface area contributed by atoms with Crippen LogP contribution in [0.25, 0.3) is 0 Å². The fourth-order valence-electron chi connectivity index (χ4n) is 2.02. The van der Waals surface area contributed by atoms with Crippen molar-refractivity contribution in [2.45, 2.75) is 45.3 Å². The summed E-state index contributed by atoms with van der Waals surface area (Å²) < 4.78 is 7.85. The summed E-state index contributed by atoms with van der Waals surface area (Å²) in [4.78, 5) is 0. The van der Waals surface area contributed by atoms with Gasteiger partial charge < -0.3 is 9.30 Å². The van der Waals surface area contributed by atoms with Crippen molar-refractivity contribution in [1.82, 2.24) is 14.8 Å². The van der Waals surface area contributed by atoms with Crippen LogP contribution in [0, 0.1) is 0 Å². The van der Waals surface area contributed by atoms with Crippen LogP contribution in [-0.4, -0.2) is 21.4 Å². The molecule has 78 valence electrons. The van der Waals surface area contributed by atoms with Crippen LogP contribution in [-0.2, 0) is 16.9 Å². The highest BCUT2D eigenvalue weighted by atomic mass is 16.5. The molecule has 1 aliphatic rings. The summed E-state index contributed by atoms with van der Waals surface area (Å²) in [6.45, 7) is 6.08. The second-order valence-electron chi connectivity index (χ2n) is 4.03. The van der Waals surface area contributed by atoms with E-state index in [0.29, 0.717) is 0 Å². The van der Waals surface area contributed by atoms with Gasteiger partial charge in [-0.3, -0.25) is 0 Å². The Morgan fingerprint density at radius 3 is 3.14 bits per heavy atom. The average molecular weight is 195 g/mol. The first-order valence-electron chi connectivity index (χ1n) is 5.28. The molecule has 0 saturated carbocycles. The van der Waals surface area contributed by atoms with Gasteiger partial charge in [0.05, 0.1) is 0 Å². The van der Waals surface area contributed by atoms with Crippen LogP contribution in [0.3, 0.4) is 0 Å². The number of hydrogen-bond acceptors (Lipinski definition) is 3. The normalized spacial score (nSPS) is 27.0. The Balaban J connectivity index is 2.25. The molecule has 1 aromatic rings. The van der Waals surface area contributed by atoms with Gasteiger partial charge in [-0.05, 0) is 26.2 Å². The summed E-state index contributed by atoms with van der Waals surface area (Å²) in [5.41, 5.74) is -0.203. The van der Waals surface area contributed by atoms with Crippen molar-refractivity contribution in [2.75, 3.05) is 6.61 Å². The van der Waals surface area contributed by atoms with E-state index in [1.807, 2.05) is 0 Å². The molecule has 2 heterocycles. The van der Waals surface area contributed by atoms with Gasteiger partial charge in [-0.2, -0.15) is 0 Å². The highest BCUT2D eigenvalue weighted by molar-refractivity contribution is 5.02. The van der Waals surface area contributed by atoms with Gasteiger partial charge in [0, 0.05) is 13.2 Å². The maximum Gasteiger partial charge on any atom is 0.164 e. The fraction of sp³-hybridized carbons (Fsp3) is 0.800. The van der Waals surface area contributed by atoms with E-state index >= 15 is 0 Å². The van der Waals surface area contributed by atoms with E-state index in [9.17, 15) is 0 Å². The summed E-state index contributed by atoms with van der Waals surface area (Å²) in [6, 6.07) is 0. The zero-order chi connectivity index (χ0) is 10.0. The molecule has 0 radical (unpaired) electrons. The molecule has 1 atom stereocenters. The smallest absolute Gasteiger partial charge is 0.164 e. The van der Waals surface area contributed by atoms with Crippen molar-refractivity contribution in [3.05, 3.63) is 12.2 Å². The summed E-state index contributed by atoms with van der Waals surface area (Å²) in [7, 11) is 0. The van der Waals surface area contributed by atoms with Crippen molar-refractivity contribution in [1.29, 1.82) is 0 Å². The molecule has 1 aliphatic heterocycles. The second-order valence-corrected chi connectivity index (χ2v) is 4.03. The number of nitrogens with zero attached hydrogens (tertiary/aromatic N) is 3. The molecule has 1 fully saturated rings. The molecule has 1 saturated heterocycles. The van der Waals surface area contributed by atoms with Crippen molar-refractivity contribution in [3.63, 3.8) is 0 Å². The molecule has 1 aromatic heterocycles. The molecular weight excluding hydrogens is 178 g/mol. The molecule has 0 N–H and O–H groups in total. The fourth-order valence-corrected chi connectivity index (χ4v) is 2.02. The van der Waals surface area contributed by atoms with Crippen LogP contribution in [0.1, 0.15) is 38.9 Å². The van der Waals surface area contributed by atoms with Gasteiger partial charge in [-0.1, -0.05) is 6.92 Å². The van der Waals surface area contributed by atoms with Crippen LogP contribution >= 0.6 is 0 Å². The van der Waals surface area contributed by atoms with Crippen LogP contribution in [0.2, 0.25) is 0 Å². The molecule has 14 heavy (non-hydrogen) atoms. The molecule has 4 nitrogen and oxygen atoms in total. The summed E-state index contributed by atoms with van der Waals surface area (Å²) >= 11 is 0. The predicted octanol–water partition coefficient (Wildman–Crippen LogP) is 1.71. The molecule has 0 spiro atoms. The highest BCUT2D eigenvalue weighted by Gasteiger charge is 2.36. The Hall–Kier alpha value is -0.900. The minimum Gasteiger partial charge on any atom is -0.367 e. The SMILES string of the molecule is CCCn1cnnc1C1(C)CCCO1. The average Bonchev–Trinajstić information content (AvgIpc) is 2.75. The summed E-state index contributed by atoms with van der Waals surface area (Å²) in [6.07, 6.45) is 5.07. The molecule has 0 aromatic carbocycles. The van der Waals surface area contributed by atoms with Crippen LogP contribution in [0.15, 0.2) is 6.33 Å². The van der Waals surface area contributed by atoms with Gasteiger partial charge in [0.15, 0.2) is 5.82 Å². The standard InChI is InChI=1S/C10H17N3O/c1-3-6-13-8-11-12-9(13)10(2)5-4-7-14-10/h8H,3-7H2,1-2H3. The minimum absolute atomic E-state index is 0.203. The number of rotatable bonds is 3. The quantitative estimate of drug-likeness (QED) is 0.737. The van der Waals surface area contributed by atoms with Crippen LogP contribution in [0.4, 0.5) is 0 Å². The third-order valence-corrected chi connectivity index (χ3v) is 2.77. The molecule has 4 heteroatoms. The number of aromatic nitrogens is 3. The maximum atomic E-state index is 5.75. The van der Waals surface area contributed by atoms with Gasteiger partial charge in [-0.25, -0.2) is 0 Å². The summed E-state index contributed by atoms with van der Waals surface area (Å²) in [5.74, 6) is 0.983. The topological polar surface area (TPSA) is 39.9 Å². The lowest BCUT2D eigenvalue weighted by molar-refractivity contribution is 0.00617. The van der Waals surface area contributed by atoms with Gasteiger partial charge in [0.1, 0.15) is 11.9 Å². The second kappa shape index (κ2) is 3.69. The number of aryl methyl sites for hydroxylation is 1. The van der Waals surface area contributed by atoms with E-state index in [1.54, 1.807) is 6.33 Å². The number of ether oxygens (including phenoxy) is 1. The molecule has 0 bridgehead atoms. The van der Waals surface area contributed by atoms with E-state index in [0.717, 1.165) is 38.2 Å².